The molecule has 0 aromatic heterocycles. The van der Waals surface area contributed by atoms with Crippen molar-refractivity contribution < 1.29 is 14.9 Å². The fourth-order valence-corrected chi connectivity index (χ4v) is 1.32. The van der Waals surface area contributed by atoms with Crippen LogP contribution in [0.1, 0.15) is 11.7 Å². The van der Waals surface area contributed by atoms with Crippen molar-refractivity contribution in [3.8, 4) is 11.5 Å². The highest BCUT2D eigenvalue weighted by molar-refractivity contribution is 6.30. The van der Waals surface area contributed by atoms with Crippen LogP contribution in [0, 0.1) is 0 Å². The van der Waals surface area contributed by atoms with E-state index >= 15 is 0 Å². The molecule has 1 aromatic rings. The third-order valence-corrected chi connectivity index (χ3v) is 2.05. The zero-order valence-electron chi connectivity index (χ0n) is 7.70. The largest absolute Gasteiger partial charge is 0.504 e. The SMILES string of the molecule is C=CC(O)c1cc(Cl)cc(OC)c1O. The maximum atomic E-state index is 9.62. The van der Waals surface area contributed by atoms with Gasteiger partial charge in [-0.05, 0) is 6.07 Å². The molecular weight excluding hydrogens is 204 g/mol. The molecule has 0 bridgehead atoms. The number of methoxy groups -OCH3 is 1. The van der Waals surface area contributed by atoms with Crippen molar-refractivity contribution in [1.82, 2.24) is 0 Å². The number of phenolic OH excluding ortho intramolecular Hbond substituents is 1. The molecule has 0 aliphatic carbocycles. The molecule has 1 aromatic carbocycles. The van der Waals surface area contributed by atoms with Gasteiger partial charge in [0, 0.05) is 16.7 Å². The number of benzene rings is 1. The van der Waals surface area contributed by atoms with E-state index in [0.29, 0.717) is 5.02 Å². The van der Waals surface area contributed by atoms with E-state index < -0.39 is 6.10 Å². The lowest BCUT2D eigenvalue weighted by Crippen LogP contribution is -1.95. The molecule has 3 nitrogen and oxygen atoms in total. The van der Waals surface area contributed by atoms with Crippen molar-refractivity contribution >= 4 is 11.6 Å². The molecule has 0 saturated carbocycles. The Kier molecular flexibility index (Phi) is 3.38. The van der Waals surface area contributed by atoms with Crippen molar-refractivity contribution in [3.05, 3.63) is 35.4 Å². The van der Waals surface area contributed by atoms with Crippen LogP contribution in [0.4, 0.5) is 0 Å². The van der Waals surface area contributed by atoms with Gasteiger partial charge >= 0.3 is 0 Å². The first-order valence-electron chi connectivity index (χ1n) is 3.97. The molecule has 2 N–H and O–H groups in total. The Morgan fingerprint density at radius 2 is 2.21 bits per heavy atom. The van der Waals surface area contributed by atoms with Gasteiger partial charge in [-0.1, -0.05) is 17.7 Å². The molecule has 4 heteroatoms. The minimum atomic E-state index is -0.956. The summed E-state index contributed by atoms with van der Waals surface area (Å²) in [5.41, 5.74) is 0.282. The van der Waals surface area contributed by atoms with Crippen LogP contribution in [-0.2, 0) is 0 Å². The molecule has 0 amide bonds. The summed E-state index contributed by atoms with van der Waals surface area (Å²) in [6.45, 7) is 3.42. The Bertz CT molecular complexity index is 349. The Morgan fingerprint density at radius 1 is 1.57 bits per heavy atom. The van der Waals surface area contributed by atoms with Gasteiger partial charge in [-0.2, -0.15) is 0 Å². The molecule has 0 radical (unpaired) electrons. The molecule has 0 aliphatic heterocycles. The third kappa shape index (κ3) is 2.00. The number of aromatic hydroxyl groups is 1. The first-order chi connectivity index (χ1) is 6.60. The van der Waals surface area contributed by atoms with Crippen LogP contribution in [0.25, 0.3) is 0 Å². The van der Waals surface area contributed by atoms with Gasteiger partial charge in [0.05, 0.1) is 7.11 Å². The molecule has 1 atom stereocenters. The Labute approximate surface area is 87.2 Å². The lowest BCUT2D eigenvalue weighted by atomic mass is 10.1. The monoisotopic (exact) mass is 214 g/mol. The average molecular weight is 215 g/mol. The first kappa shape index (κ1) is 10.9. The average Bonchev–Trinajstić information content (AvgIpc) is 2.19. The van der Waals surface area contributed by atoms with Gasteiger partial charge in [-0.3, -0.25) is 0 Å². The van der Waals surface area contributed by atoms with E-state index in [1.54, 1.807) is 0 Å². The summed E-state index contributed by atoms with van der Waals surface area (Å²) >= 11 is 5.77. The van der Waals surface area contributed by atoms with E-state index in [2.05, 4.69) is 6.58 Å². The number of aliphatic hydroxyl groups excluding tert-OH is 1. The van der Waals surface area contributed by atoms with Gasteiger partial charge < -0.3 is 14.9 Å². The predicted octanol–water partition coefficient (Wildman–Crippen LogP) is 2.27. The summed E-state index contributed by atoms with van der Waals surface area (Å²) in [6.07, 6.45) is 0.341. The lowest BCUT2D eigenvalue weighted by Gasteiger charge is -2.12. The van der Waals surface area contributed by atoms with Crippen molar-refractivity contribution in [3.63, 3.8) is 0 Å². The molecule has 1 unspecified atom stereocenters. The number of hydrogen-bond acceptors (Lipinski definition) is 3. The second kappa shape index (κ2) is 4.35. The Balaban J connectivity index is 3.28. The predicted molar refractivity (Wildman–Crippen MR) is 54.8 cm³/mol. The molecule has 0 fully saturated rings. The van der Waals surface area contributed by atoms with E-state index in [0.717, 1.165) is 0 Å². The number of rotatable bonds is 3. The fraction of sp³-hybridized carbons (Fsp3) is 0.200. The zero-order valence-corrected chi connectivity index (χ0v) is 8.45. The van der Waals surface area contributed by atoms with Gasteiger partial charge in [0.2, 0.25) is 0 Å². The molecule has 0 aliphatic rings. The van der Waals surface area contributed by atoms with E-state index in [9.17, 15) is 10.2 Å². The smallest absolute Gasteiger partial charge is 0.163 e. The summed E-state index contributed by atoms with van der Waals surface area (Å²) in [5, 5.41) is 19.5. The maximum Gasteiger partial charge on any atom is 0.163 e. The number of hydrogen-bond donors (Lipinski definition) is 2. The number of aliphatic hydroxyl groups is 1. The Hall–Kier alpha value is -1.19. The molecular formula is C10H11ClO3. The normalized spacial score (nSPS) is 12.2. The number of halogens is 1. The highest BCUT2D eigenvalue weighted by Crippen LogP contribution is 2.36. The van der Waals surface area contributed by atoms with E-state index in [-0.39, 0.29) is 17.1 Å². The van der Waals surface area contributed by atoms with Crippen molar-refractivity contribution in [2.75, 3.05) is 7.11 Å². The van der Waals surface area contributed by atoms with Crippen LogP contribution in [0.5, 0.6) is 11.5 Å². The minimum absolute atomic E-state index is 0.121. The summed E-state index contributed by atoms with van der Waals surface area (Å²) in [7, 11) is 1.41. The molecule has 76 valence electrons. The van der Waals surface area contributed by atoms with Gasteiger partial charge in [-0.15, -0.1) is 6.58 Å². The van der Waals surface area contributed by atoms with Crippen molar-refractivity contribution in [2.24, 2.45) is 0 Å². The lowest BCUT2D eigenvalue weighted by molar-refractivity contribution is 0.222. The highest BCUT2D eigenvalue weighted by atomic mass is 35.5. The van der Waals surface area contributed by atoms with Gasteiger partial charge in [-0.25, -0.2) is 0 Å². The summed E-state index contributed by atoms with van der Waals surface area (Å²) in [6, 6.07) is 2.93. The van der Waals surface area contributed by atoms with Crippen LogP contribution < -0.4 is 4.74 Å². The quantitative estimate of drug-likeness (QED) is 0.759. The summed E-state index contributed by atoms with van der Waals surface area (Å²) < 4.78 is 4.88. The van der Waals surface area contributed by atoms with E-state index in [1.807, 2.05) is 0 Å². The van der Waals surface area contributed by atoms with Crippen LogP contribution in [-0.4, -0.2) is 17.3 Å². The fourth-order valence-electron chi connectivity index (χ4n) is 1.10. The Morgan fingerprint density at radius 3 is 2.71 bits per heavy atom. The van der Waals surface area contributed by atoms with Crippen molar-refractivity contribution in [2.45, 2.75) is 6.10 Å². The van der Waals surface area contributed by atoms with Crippen LogP contribution in [0.3, 0.4) is 0 Å². The van der Waals surface area contributed by atoms with Gasteiger partial charge in [0.25, 0.3) is 0 Å². The summed E-state index contributed by atoms with van der Waals surface area (Å²) in [4.78, 5) is 0. The second-order valence-corrected chi connectivity index (χ2v) is 3.16. The van der Waals surface area contributed by atoms with Crippen LogP contribution >= 0.6 is 11.6 Å². The molecule has 14 heavy (non-hydrogen) atoms. The van der Waals surface area contributed by atoms with Gasteiger partial charge in [0.15, 0.2) is 11.5 Å². The molecule has 0 spiro atoms. The standard InChI is InChI=1S/C10H11ClO3/c1-3-8(12)7-4-6(11)5-9(14-2)10(7)13/h3-5,8,12-13H,1H2,2H3. The summed E-state index contributed by atoms with van der Waals surface area (Å²) in [5.74, 6) is 0.109. The number of ether oxygens (including phenoxy) is 1. The molecule has 0 heterocycles. The zero-order chi connectivity index (χ0) is 10.7. The van der Waals surface area contributed by atoms with Crippen molar-refractivity contribution in [1.29, 1.82) is 0 Å². The molecule has 0 saturated heterocycles. The maximum absolute atomic E-state index is 9.62. The second-order valence-electron chi connectivity index (χ2n) is 2.73. The van der Waals surface area contributed by atoms with Gasteiger partial charge in [0.1, 0.15) is 6.10 Å². The third-order valence-electron chi connectivity index (χ3n) is 1.83. The van der Waals surface area contributed by atoms with E-state index in [1.165, 1.54) is 25.3 Å². The minimum Gasteiger partial charge on any atom is -0.504 e. The van der Waals surface area contributed by atoms with Crippen LogP contribution in [0.2, 0.25) is 5.02 Å². The topological polar surface area (TPSA) is 49.7 Å². The van der Waals surface area contributed by atoms with E-state index in [4.69, 9.17) is 16.3 Å². The number of phenols is 1. The van der Waals surface area contributed by atoms with Crippen LogP contribution in [0.15, 0.2) is 24.8 Å². The highest BCUT2D eigenvalue weighted by Gasteiger charge is 2.14. The first-order valence-corrected chi connectivity index (χ1v) is 4.35. The molecule has 1 rings (SSSR count).